The molecule has 0 amide bonds. The molecule has 18 aromatic carbocycles. The van der Waals surface area contributed by atoms with E-state index in [0.29, 0.717) is 11.3 Å². The van der Waals surface area contributed by atoms with Gasteiger partial charge in [0.1, 0.15) is 0 Å². The highest BCUT2D eigenvalue weighted by atomic mass is 15.2. The minimum absolute atomic E-state index is 0.100. The lowest BCUT2D eigenvalue weighted by Gasteiger charge is -2.46. The molecule has 3 nitrogen and oxygen atoms in total. The molecule has 2 aliphatic rings. The van der Waals surface area contributed by atoms with Gasteiger partial charge in [-0.2, -0.15) is 0 Å². The standard InChI is InChI=1S/C108H80BN3/c1-107(2,3)81-64-91(71-33-15-9-16-34-71)106(92(65-81)72-35-17-10-18-36-72)112-99-68-83(110-96-50-24-23-45-86(96)93-62-79(55-59-97(93)110)70-31-13-8-14-32-70)57-58-94(99)109-95-63-80(78-42-25-41-77(61-78)69-29-11-7-12-30-69)56-60-98(95)111(100-66-82(108(4,5)6)67-101(112)104(100)109)105-89(87-46-26-39-75-53-51-73-37-19-21-43-84(73)102(75)87)48-28-49-90(105)88-47-27-40-76-54-52-74-38-20-22-44-85(74)103(76)88/h7-68H,1-6H3/i23D,24D,45D,50D,55D,59D,62D. The maximum atomic E-state index is 10.4. The highest BCUT2D eigenvalue weighted by molar-refractivity contribution is 7.00. The molecular formula is C108H80BN3. The van der Waals surface area contributed by atoms with E-state index in [1.54, 1.807) is 4.57 Å². The summed E-state index contributed by atoms with van der Waals surface area (Å²) in [6.45, 7) is 13.2. The summed E-state index contributed by atoms with van der Waals surface area (Å²) in [5, 5.41) is 9.47. The molecule has 0 fully saturated rings. The van der Waals surface area contributed by atoms with Crippen molar-refractivity contribution in [3.8, 4) is 83.6 Å². The van der Waals surface area contributed by atoms with Crippen LogP contribution >= 0.6 is 0 Å². The molecule has 0 saturated heterocycles. The quantitative estimate of drug-likeness (QED) is 0.0999. The average Bonchev–Trinajstić information content (AvgIpc) is 1.16. The van der Waals surface area contributed by atoms with Crippen LogP contribution in [-0.2, 0) is 10.8 Å². The van der Waals surface area contributed by atoms with Crippen LogP contribution in [0.25, 0.3) is 148 Å². The zero-order valence-corrected chi connectivity index (χ0v) is 63.2. The van der Waals surface area contributed by atoms with Crippen molar-refractivity contribution in [3.63, 3.8) is 0 Å². The molecule has 2 aliphatic heterocycles. The fraction of sp³-hybridized carbons (Fsp3) is 0.0741. The normalized spacial score (nSPS) is 13.6. The summed E-state index contributed by atoms with van der Waals surface area (Å²) in [5.74, 6) is 0. The Bertz CT molecular complexity index is 7280. The van der Waals surface area contributed by atoms with Crippen molar-refractivity contribution < 1.29 is 9.60 Å². The van der Waals surface area contributed by atoms with Gasteiger partial charge in [-0.15, -0.1) is 0 Å². The van der Waals surface area contributed by atoms with Crippen molar-refractivity contribution in [2.45, 2.75) is 52.4 Å². The summed E-state index contributed by atoms with van der Waals surface area (Å²) in [6, 6.07) is 118. The first kappa shape index (κ1) is 59.4. The molecule has 0 spiro atoms. The van der Waals surface area contributed by atoms with E-state index in [2.05, 4.69) is 349 Å². The second-order valence-electron chi connectivity index (χ2n) is 32.1. The Morgan fingerprint density at radius 2 is 0.723 bits per heavy atom. The molecule has 0 bridgehead atoms. The van der Waals surface area contributed by atoms with Gasteiger partial charge >= 0.3 is 0 Å². The molecule has 3 heterocycles. The Balaban J connectivity index is 0.958. The first-order valence-electron chi connectivity index (χ1n) is 42.3. The molecule has 0 aliphatic carbocycles. The molecule has 19 aromatic rings. The summed E-state index contributed by atoms with van der Waals surface area (Å²) in [7, 11) is 0. The third-order valence-corrected chi connectivity index (χ3v) is 23.4. The summed E-state index contributed by atoms with van der Waals surface area (Å²) < 4.78 is 71.4. The molecule has 530 valence electrons. The van der Waals surface area contributed by atoms with Crippen molar-refractivity contribution >= 4 is 122 Å². The minimum Gasteiger partial charge on any atom is -0.310 e. The Morgan fingerprint density at radius 1 is 0.277 bits per heavy atom. The number of para-hydroxylation sites is 2. The molecule has 0 N–H and O–H groups in total. The van der Waals surface area contributed by atoms with E-state index in [1.165, 1.54) is 0 Å². The van der Waals surface area contributed by atoms with Crippen LogP contribution < -0.4 is 26.2 Å². The van der Waals surface area contributed by atoms with E-state index in [4.69, 9.17) is 0 Å². The number of benzene rings is 18. The molecule has 4 heteroatoms. The predicted molar refractivity (Wildman–Crippen MR) is 480 cm³/mol. The van der Waals surface area contributed by atoms with Gasteiger partial charge in [-0.3, -0.25) is 0 Å². The largest absolute Gasteiger partial charge is 0.310 e. The molecule has 0 unspecified atom stereocenters. The van der Waals surface area contributed by atoms with E-state index in [1.807, 2.05) is 36.4 Å². The van der Waals surface area contributed by atoms with Gasteiger partial charge in [-0.05, 0) is 204 Å². The molecule has 0 saturated carbocycles. The van der Waals surface area contributed by atoms with Crippen LogP contribution in [-0.4, -0.2) is 11.3 Å². The first-order chi connectivity index (χ1) is 57.8. The minimum atomic E-state index is -0.527. The van der Waals surface area contributed by atoms with Gasteiger partial charge in [0, 0.05) is 61.5 Å². The summed E-state index contributed by atoms with van der Waals surface area (Å²) >= 11 is 0. The lowest BCUT2D eigenvalue weighted by Crippen LogP contribution is -2.61. The second-order valence-corrected chi connectivity index (χ2v) is 32.1. The van der Waals surface area contributed by atoms with Crippen molar-refractivity contribution in [3.05, 3.63) is 387 Å². The first-order valence-corrected chi connectivity index (χ1v) is 38.8. The van der Waals surface area contributed by atoms with Crippen LogP contribution in [0.3, 0.4) is 0 Å². The van der Waals surface area contributed by atoms with E-state index in [0.717, 1.165) is 171 Å². The van der Waals surface area contributed by atoms with Gasteiger partial charge in [0.15, 0.2) is 0 Å². The van der Waals surface area contributed by atoms with Gasteiger partial charge in [0.05, 0.1) is 32.0 Å². The van der Waals surface area contributed by atoms with Crippen molar-refractivity contribution in [2.24, 2.45) is 0 Å². The number of anilines is 6. The predicted octanol–water partition coefficient (Wildman–Crippen LogP) is 27.7. The molecule has 1 aromatic heterocycles. The van der Waals surface area contributed by atoms with Crippen molar-refractivity contribution in [2.75, 3.05) is 9.80 Å². The Morgan fingerprint density at radius 3 is 1.31 bits per heavy atom. The van der Waals surface area contributed by atoms with Gasteiger partial charge < -0.3 is 14.4 Å². The fourth-order valence-electron chi connectivity index (χ4n) is 18.0. The Kier molecular flexibility index (Phi) is 13.8. The van der Waals surface area contributed by atoms with Gasteiger partial charge in [-0.1, -0.05) is 351 Å². The van der Waals surface area contributed by atoms with Crippen LogP contribution in [0.2, 0.25) is 0 Å². The van der Waals surface area contributed by atoms with Crippen LogP contribution in [0.5, 0.6) is 0 Å². The molecule has 0 radical (unpaired) electrons. The lowest BCUT2D eigenvalue weighted by molar-refractivity contribution is 0.590. The second kappa shape index (κ2) is 26.1. The van der Waals surface area contributed by atoms with E-state index < -0.39 is 24.2 Å². The third kappa shape index (κ3) is 10.9. The topological polar surface area (TPSA) is 11.4 Å². The third-order valence-electron chi connectivity index (χ3n) is 23.4. The number of hydrogen-bond donors (Lipinski definition) is 0. The molecule has 21 rings (SSSR count). The highest BCUT2D eigenvalue weighted by Crippen LogP contribution is 2.56. The SMILES string of the molecule is [2H]c1c([2H])c([2H])c2c(c1[2H])c1c([2H])c(-c3ccccc3)c([2H])c([2H])c1n2-c1ccc2c(c1)N(c1c(-c3ccccc3)cc(C(C)(C)C)cc1-c1ccccc1)c1cc(C(C)(C)C)cc3c1B2c1cc(-c2cccc(-c4ccccc4)c2)ccc1N3c1c(-c2cccc3ccc4ccccc4c23)cccc1-c1cccc2ccc3ccccc3c12. The Hall–Kier alpha value is -13.5. The van der Waals surface area contributed by atoms with Crippen LogP contribution in [0.15, 0.2) is 376 Å². The highest BCUT2D eigenvalue weighted by Gasteiger charge is 2.47. The summed E-state index contributed by atoms with van der Waals surface area (Å²) in [5.41, 5.74) is 24.1. The van der Waals surface area contributed by atoms with Crippen LogP contribution in [0.1, 0.15) is 62.3 Å². The maximum absolute atomic E-state index is 10.4. The van der Waals surface area contributed by atoms with E-state index in [9.17, 15) is 9.60 Å². The summed E-state index contributed by atoms with van der Waals surface area (Å²) in [6.07, 6.45) is 0. The fourth-order valence-corrected chi connectivity index (χ4v) is 18.0. The number of nitrogens with zero attached hydrogens (tertiary/aromatic N) is 3. The molecule has 0 atom stereocenters. The monoisotopic (exact) mass is 1440 g/mol. The average molecular weight is 1440 g/mol. The number of fused-ring (bicyclic) bond motifs is 13. The number of hydrogen-bond acceptors (Lipinski definition) is 2. The smallest absolute Gasteiger partial charge is 0.252 e. The summed E-state index contributed by atoms with van der Waals surface area (Å²) in [4.78, 5) is 5.16. The van der Waals surface area contributed by atoms with Gasteiger partial charge in [0.25, 0.3) is 6.71 Å². The van der Waals surface area contributed by atoms with Crippen LogP contribution in [0.4, 0.5) is 34.1 Å². The van der Waals surface area contributed by atoms with Crippen LogP contribution in [0, 0.1) is 0 Å². The maximum Gasteiger partial charge on any atom is 0.252 e. The van der Waals surface area contributed by atoms with Crippen molar-refractivity contribution in [1.82, 2.24) is 4.57 Å². The number of aromatic nitrogens is 1. The lowest BCUT2D eigenvalue weighted by atomic mass is 9.33. The van der Waals surface area contributed by atoms with Gasteiger partial charge in [0.2, 0.25) is 0 Å². The van der Waals surface area contributed by atoms with E-state index >= 15 is 0 Å². The molecule has 112 heavy (non-hydrogen) atoms. The molecular weight excluding hydrogens is 1350 g/mol. The Labute approximate surface area is 665 Å². The zero-order chi connectivity index (χ0) is 81.2. The zero-order valence-electron chi connectivity index (χ0n) is 70.2. The van der Waals surface area contributed by atoms with Gasteiger partial charge in [-0.25, -0.2) is 0 Å². The van der Waals surface area contributed by atoms with Crippen molar-refractivity contribution in [1.29, 1.82) is 0 Å². The van der Waals surface area contributed by atoms with E-state index in [-0.39, 0.29) is 63.0 Å². The number of rotatable bonds is 10.